The van der Waals surface area contributed by atoms with Gasteiger partial charge in [0.1, 0.15) is 17.9 Å². The summed E-state index contributed by atoms with van der Waals surface area (Å²) in [7, 11) is 1.72. The first-order chi connectivity index (χ1) is 14.4. The number of rotatable bonds is 7. The number of aryl methyl sites for hydroxylation is 3. The summed E-state index contributed by atoms with van der Waals surface area (Å²) in [6.07, 6.45) is 4.04. The number of hydrogen-bond donors (Lipinski definition) is 1. The van der Waals surface area contributed by atoms with E-state index in [-0.39, 0.29) is 17.0 Å². The molecule has 2 aromatic rings. The molecule has 0 bridgehead atoms. The van der Waals surface area contributed by atoms with Gasteiger partial charge in [0.2, 0.25) is 0 Å². The van der Waals surface area contributed by atoms with Crippen LogP contribution in [0.4, 0.5) is 0 Å². The first-order valence-corrected chi connectivity index (χ1v) is 10.7. The molecule has 0 spiro atoms. The lowest BCUT2D eigenvalue weighted by Gasteiger charge is -2.24. The van der Waals surface area contributed by atoms with Crippen LogP contribution in [0.15, 0.2) is 35.3 Å². The van der Waals surface area contributed by atoms with Crippen LogP contribution in [0, 0.1) is 26.7 Å². The van der Waals surface area contributed by atoms with Crippen molar-refractivity contribution >= 4 is 5.91 Å². The van der Waals surface area contributed by atoms with Crippen molar-refractivity contribution in [2.24, 2.45) is 5.92 Å². The van der Waals surface area contributed by atoms with Gasteiger partial charge in [0.25, 0.3) is 11.5 Å². The van der Waals surface area contributed by atoms with Crippen LogP contribution in [0.1, 0.15) is 39.9 Å². The van der Waals surface area contributed by atoms with E-state index >= 15 is 0 Å². The molecule has 162 valence electrons. The zero-order valence-electron chi connectivity index (χ0n) is 18.5. The molecule has 2 heterocycles. The largest absolute Gasteiger partial charge is 0.491 e. The van der Waals surface area contributed by atoms with Gasteiger partial charge < -0.3 is 19.5 Å². The molecule has 1 aromatic carbocycles. The topological polar surface area (TPSA) is 63.6 Å². The second kappa shape index (κ2) is 9.94. The Labute approximate surface area is 178 Å². The monoisotopic (exact) mass is 411 g/mol. The van der Waals surface area contributed by atoms with Crippen molar-refractivity contribution in [3.8, 4) is 5.75 Å². The van der Waals surface area contributed by atoms with Gasteiger partial charge in [-0.05, 0) is 75.9 Å². The minimum Gasteiger partial charge on any atom is -0.491 e. The Bertz CT molecular complexity index is 945. The van der Waals surface area contributed by atoms with Gasteiger partial charge >= 0.3 is 0 Å². The number of carbonyl (C=O) groups is 1. The summed E-state index contributed by atoms with van der Waals surface area (Å²) in [5, 5.41) is 3.38. The van der Waals surface area contributed by atoms with E-state index in [2.05, 4.69) is 11.4 Å². The standard InChI is InChI=1S/C24H33N3O3/c1-17-7-8-21(19(3)14-17)30-13-12-26(4)23(28)22-18(2)9-11-27(24(22)29)16-20-6-5-10-25-15-20/h7-9,11,14,20,25H,5-6,10,12-13,15-16H2,1-4H3. The summed E-state index contributed by atoms with van der Waals surface area (Å²) in [5.74, 6) is 0.990. The molecule has 1 aromatic heterocycles. The molecule has 1 atom stereocenters. The van der Waals surface area contributed by atoms with E-state index in [0.29, 0.717) is 31.2 Å². The number of ether oxygens (including phenoxy) is 1. The van der Waals surface area contributed by atoms with Gasteiger partial charge in [0.05, 0.1) is 6.54 Å². The highest BCUT2D eigenvalue weighted by molar-refractivity contribution is 5.95. The maximum atomic E-state index is 13.0. The number of carbonyl (C=O) groups excluding carboxylic acids is 1. The fourth-order valence-electron chi connectivity index (χ4n) is 3.97. The molecule has 6 nitrogen and oxygen atoms in total. The summed E-state index contributed by atoms with van der Waals surface area (Å²) >= 11 is 0. The number of likely N-dealkylation sites (N-methyl/N-ethyl adjacent to an activating group) is 1. The van der Waals surface area contributed by atoms with Crippen LogP contribution >= 0.6 is 0 Å². The fourth-order valence-corrected chi connectivity index (χ4v) is 3.97. The van der Waals surface area contributed by atoms with E-state index in [9.17, 15) is 9.59 Å². The van der Waals surface area contributed by atoms with Crippen LogP contribution < -0.4 is 15.6 Å². The molecule has 30 heavy (non-hydrogen) atoms. The quantitative estimate of drug-likeness (QED) is 0.761. The molecule has 1 fully saturated rings. The SMILES string of the molecule is Cc1ccc(OCCN(C)C(=O)c2c(C)ccn(CC3CCCNC3)c2=O)c(C)c1. The van der Waals surface area contributed by atoms with Crippen LogP contribution in [0.3, 0.4) is 0 Å². The summed E-state index contributed by atoms with van der Waals surface area (Å²) in [6.45, 7) is 9.26. The van der Waals surface area contributed by atoms with Crippen LogP contribution in [-0.2, 0) is 6.54 Å². The molecule has 1 N–H and O–H groups in total. The Hall–Kier alpha value is -2.60. The molecule has 1 unspecified atom stereocenters. The van der Waals surface area contributed by atoms with Crippen LogP contribution in [-0.4, -0.2) is 48.7 Å². The molecular weight excluding hydrogens is 378 g/mol. The van der Waals surface area contributed by atoms with E-state index in [1.54, 1.807) is 16.5 Å². The minimum absolute atomic E-state index is 0.201. The van der Waals surface area contributed by atoms with Gasteiger partial charge in [0, 0.05) is 19.8 Å². The van der Waals surface area contributed by atoms with Crippen molar-refractivity contribution in [2.45, 2.75) is 40.2 Å². The first-order valence-electron chi connectivity index (χ1n) is 10.7. The molecular formula is C24H33N3O3. The third-order valence-electron chi connectivity index (χ3n) is 5.80. The molecule has 0 radical (unpaired) electrons. The molecule has 1 aliphatic rings. The van der Waals surface area contributed by atoms with Gasteiger partial charge in [-0.1, -0.05) is 17.7 Å². The van der Waals surface area contributed by atoms with Crippen molar-refractivity contribution in [1.82, 2.24) is 14.8 Å². The number of pyridine rings is 1. The Morgan fingerprint density at radius 2 is 2.03 bits per heavy atom. The number of aromatic nitrogens is 1. The second-order valence-electron chi connectivity index (χ2n) is 8.39. The van der Waals surface area contributed by atoms with E-state index in [4.69, 9.17) is 4.74 Å². The fraction of sp³-hybridized carbons (Fsp3) is 0.500. The Morgan fingerprint density at radius 1 is 1.23 bits per heavy atom. The van der Waals surface area contributed by atoms with Crippen molar-refractivity contribution in [3.63, 3.8) is 0 Å². The zero-order valence-corrected chi connectivity index (χ0v) is 18.5. The summed E-state index contributed by atoms with van der Waals surface area (Å²) in [5.41, 5.74) is 3.03. The van der Waals surface area contributed by atoms with Gasteiger partial charge in [-0.2, -0.15) is 0 Å². The van der Waals surface area contributed by atoms with E-state index in [1.807, 2.05) is 45.2 Å². The van der Waals surface area contributed by atoms with E-state index in [1.165, 1.54) is 5.56 Å². The lowest BCUT2D eigenvalue weighted by atomic mass is 9.99. The second-order valence-corrected chi connectivity index (χ2v) is 8.39. The molecule has 0 aliphatic carbocycles. The normalized spacial score (nSPS) is 16.3. The van der Waals surface area contributed by atoms with Gasteiger partial charge in [0.15, 0.2) is 0 Å². The van der Waals surface area contributed by atoms with E-state index in [0.717, 1.165) is 37.2 Å². The first kappa shape index (κ1) is 22.1. The highest BCUT2D eigenvalue weighted by Crippen LogP contribution is 2.18. The number of piperidine rings is 1. The maximum absolute atomic E-state index is 13.0. The minimum atomic E-state index is -0.252. The van der Waals surface area contributed by atoms with Crippen LogP contribution in [0.25, 0.3) is 0 Å². The van der Waals surface area contributed by atoms with Crippen LogP contribution in [0.5, 0.6) is 5.75 Å². The van der Waals surface area contributed by atoms with Crippen molar-refractivity contribution in [3.05, 3.63) is 63.1 Å². The molecule has 1 saturated heterocycles. The predicted octanol–water partition coefficient (Wildman–Crippen LogP) is 2.92. The molecule has 0 saturated carbocycles. The molecule has 1 amide bonds. The molecule has 3 rings (SSSR count). The third-order valence-corrected chi connectivity index (χ3v) is 5.80. The summed E-state index contributed by atoms with van der Waals surface area (Å²) in [4.78, 5) is 27.6. The Balaban J connectivity index is 1.65. The van der Waals surface area contributed by atoms with Crippen molar-refractivity contribution in [2.75, 3.05) is 33.3 Å². The van der Waals surface area contributed by atoms with E-state index < -0.39 is 0 Å². The molecule has 6 heteroatoms. The number of hydrogen-bond acceptors (Lipinski definition) is 4. The van der Waals surface area contributed by atoms with Gasteiger partial charge in [-0.3, -0.25) is 9.59 Å². The summed E-state index contributed by atoms with van der Waals surface area (Å²) in [6, 6.07) is 7.90. The number of nitrogens with zero attached hydrogens (tertiary/aromatic N) is 2. The van der Waals surface area contributed by atoms with Gasteiger partial charge in [-0.15, -0.1) is 0 Å². The number of nitrogens with one attached hydrogen (secondary N) is 1. The number of amides is 1. The highest BCUT2D eigenvalue weighted by atomic mass is 16.5. The smallest absolute Gasteiger partial charge is 0.263 e. The Kier molecular flexibility index (Phi) is 7.32. The van der Waals surface area contributed by atoms with Crippen molar-refractivity contribution < 1.29 is 9.53 Å². The average Bonchev–Trinajstić information content (AvgIpc) is 2.72. The van der Waals surface area contributed by atoms with Crippen molar-refractivity contribution in [1.29, 1.82) is 0 Å². The third kappa shape index (κ3) is 5.30. The summed E-state index contributed by atoms with van der Waals surface area (Å²) < 4.78 is 7.54. The van der Waals surface area contributed by atoms with Crippen LogP contribution in [0.2, 0.25) is 0 Å². The van der Waals surface area contributed by atoms with Gasteiger partial charge in [-0.25, -0.2) is 0 Å². The lowest BCUT2D eigenvalue weighted by molar-refractivity contribution is 0.0770. The number of benzene rings is 1. The maximum Gasteiger partial charge on any atom is 0.263 e. The zero-order chi connectivity index (χ0) is 21.7. The Morgan fingerprint density at radius 3 is 2.73 bits per heavy atom. The highest BCUT2D eigenvalue weighted by Gasteiger charge is 2.21. The lowest BCUT2D eigenvalue weighted by Crippen LogP contribution is -2.39. The predicted molar refractivity (Wildman–Crippen MR) is 119 cm³/mol. The molecule has 1 aliphatic heterocycles. The average molecular weight is 412 g/mol.